The molecule has 0 aliphatic carbocycles. The standard InChI is InChI=1S/C18H20N4O4S/c1-20-12-19-16-11-21(10-8-15(16)18(20)24)27(25,26)14-6-4-13(5-7-14)22-9-2-3-17(22)23/h4-7,12H,2-3,8-11H2,1H3. The summed E-state index contributed by atoms with van der Waals surface area (Å²) in [5, 5.41) is 0. The highest BCUT2D eigenvalue weighted by Crippen LogP contribution is 2.26. The van der Waals surface area contributed by atoms with Crippen molar-refractivity contribution in [2.75, 3.05) is 18.0 Å². The molecule has 3 heterocycles. The van der Waals surface area contributed by atoms with Crippen LogP contribution in [0, 0.1) is 0 Å². The molecule has 8 nitrogen and oxygen atoms in total. The number of hydrogen-bond donors (Lipinski definition) is 0. The van der Waals surface area contributed by atoms with E-state index in [-0.39, 0.29) is 29.5 Å². The number of carbonyl (C=O) groups excluding carboxylic acids is 1. The first-order valence-electron chi connectivity index (χ1n) is 8.82. The van der Waals surface area contributed by atoms with Crippen LogP contribution in [0.2, 0.25) is 0 Å². The van der Waals surface area contributed by atoms with E-state index in [9.17, 15) is 18.0 Å². The Bertz CT molecular complexity index is 1060. The molecule has 142 valence electrons. The van der Waals surface area contributed by atoms with Crippen LogP contribution in [-0.2, 0) is 34.8 Å². The molecule has 0 saturated carbocycles. The average Bonchev–Trinajstić information content (AvgIpc) is 3.10. The van der Waals surface area contributed by atoms with Crippen molar-refractivity contribution in [3.05, 3.63) is 52.2 Å². The fourth-order valence-electron chi connectivity index (χ4n) is 3.57. The Hall–Kier alpha value is -2.52. The minimum Gasteiger partial charge on any atom is -0.312 e. The molecule has 1 saturated heterocycles. The van der Waals surface area contributed by atoms with Crippen LogP contribution in [0.1, 0.15) is 24.1 Å². The molecule has 1 aromatic carbocycles. The highest BCUT2D eigenvalue weighted by atomic mass is 32.2. The molecule has 1 aromatic heterocycles. The Morgan fingerprint density at radius 2 is 1.78 bits per heavy atom. The van der Waals surface area contributed by atoms with Gasteiger partial charge in [0.1, 0.15) is 0 Å². The first-order valence-corrected chi connectivity index (χ1v) is 10.3. The first kappa shape index (κ1) is 17.9. The van der Waals surface area contributed by atoms with E-state index in [4.69, 9.17) is 0 Å². The number of hydrogen-bond acceptors (Lipinski definition) is 5. The molecule has 4 rings (SSSR count). The van der Waals surface area contributed by atoms with Crippen LogP contribution in [0.4, 0.5) is 5.69 Å². The highest BCUT2D eigenvalue weighted by Gasteiger charge is 2.31. The van der Waals surface area contributed by atoms with Gasteiger partial charge in [0, 0.05) is 37.8 Å². The number of carbonyl (C=O) groups is 1. The zero-order valence-corrected chi connectivity index (χ0v) is 15.8. The van der Waals surface area contributed by atoms with Gasteiger partial charge in [0.2, 0.25) is 15.9 Å². The lowest BCUT2D eigenvalue weighted by molar-refractivity contribution is -0.117. The Kier molecular flexibility index (Phi) is 4.35. The Morgan fingerprint density at radius 1 is 1.04 bits per heavy atom. The maximum absolute atomic E-state index is 13.0. The number of anilines is 1. The van der Waals surface area contributed by atoms with E-state index in [1.165, 1.54) is 27.3 Å². The molecule has 2 aliphatic heterocycles. The number of benzene rings is 1. The lowest BCUT2D eigenvalue weighted by Crippen LogP contribution is -2.40. The van der Waals surface area contributed by atoms with Crippen LogP contribution >= 0.6 is 0 Å². The van der Waals surface area contributed by atoms with Gasteiger partial charge in [-0.05, 0) is 37.1 Å². The van der Waals surface area contributed by atoms with Crippen LogP contribution in [0.25, 0.3) is 0 Å². The third-order valence-electron chi connectivity index (χ3n) is 5.11. The van der Waals surface area contributed by atoms with Gasteiger partial charge in [0.15, 0.2) is 0 Å². The molecule has 1 amide bonds. The van der Waals surface area contributed by atoms with Crippen LogP contribution < -0.4 is 10.5 Å². The van der Waals surface area contributed by atoms with Gasteiger partial charge >= 0.3 is 0 Å². The van der Waals surface area contributed by atoms with Crippen molar-refractivity contribution in [2.24, 2.45) is 7.05 Å². The normalized spacial score (nSPS) is 18.0. The molecule has 0 unspecified atom stereocenters. The van der Waals surface area contributed by atoms with Gasteiger partial charge in [-0.15, -0.1) is 0 Å². The number of nitrogens with zero attached hydrogens (tertiary/aromatic N) is 4. The van der Waals surface area contributed by atoms with E-state index < -0.39 is 10.0 Å². The second kappa shape index (κ2) is 6.58. The van der Waals surface area contributed by atoms with E-state index >= 15 is 0 Å². The summed E-state index contributed by atoms with van der Waals surface area (Å²) in [5.41, 5.74) is 1.67. The molecule has 0 radical (unpaired) electrons. The predicted molar refractivity (Wildman–Crippen MR) is 98.8 cm³/mol. The number of amides is 1. The van der Waals surface area contributed by atoms with Crippen LogP contribution in [-0.4, -0.2) is 41.3 Å². The van der Waals surface area contributed by atoms with Gasteiger partial charge < -0.3 is 9.47 Å². The quantitative estimate of drug-likeness (QED) is 0.770. The number of aryl methyl sites for hydroxylation is 1. The fourth-order valence-corrected chi connectivity index (χ4v) is 4.97. The summed E-state index contributed by atoms with van der Waals surface area (Å²) in [5.74, 6) is 0.0610. The highest BCUT2D eigenvalue weighted by molar-refractivity contribution is 7.89. The molecular formula is C18H20N4O4S. The summed E-state index contributed by atoms with van der Waals surface area (Å²) in [6.45, 7) is 0.983. The molecule has 2 aromatic rings. The molecule has 0 bridgehead atoms. The summed E-state index contributed by atoms with van der Waals surface area (Å²) in [6.07, 6.45) is 3.10. The van der Waals surface area contributed by atoms with E-state index in [0.29, 0.717) is 36.3 Å². The topological polar surface area (TPSA) is 92.6 Å². The second-order valence-electron chi connectivity index (χ2n) is 6.82. The molecule has 0 N–H and O–H groups in total. The summed E-state index contributed by atoms with van der Waals surface area (Å²) in [7, 11) is -2.07. The maximum Gasteiger partial charge on any atom is 0.256 e. The van der Waals surface area contributed by atoms with E-state index in [1.54, 1.807) is 24.1 Å². The average molecular weight is 388 g/mol. The van der Waals surface area contributed by atoms with E-state index in [1.807, 2.05) is 0 Å². The number of sulfonamides is 1. The predicted octanol–water partition coefficient (Wildman–Crippen LogP) is 0.654. The summed E-state index contributed by atoms with van der Waals surface area (Å²) in [4.78, 5) is 30.1. The van der Waals surface area contributed by atoms with Crippen molar-refractivity contribution in [1.29, 1.82) is 0 Å². The number of rotatable bonds is 3. The SMILES string of the molecule is Cn1cnc2c(c1=O)CCN(S(=O)(=O)c1ccc(N3CCCC3=O)cc1)C2. The van der Waals surface area contributed by atoms with Gasteiger partial charge in [-0.3, -0.25) is 9.59 Å². The van der Waals surface area contributed by atoms with Gasteiger partial charge in [-0.25, -0.2) is 13.4 Å². The third-order valence-corrected chi connectivity index (χ3v) is 6.97. The van der Waals surface area contributed by atoms with Gasteiger partial charge in [-0.1, -0.05) is 0 Å². The Balaban J connectivity index is 1.59. The minimum absolute atomic E-state index is 0.0610. The van der Waals surface area contributed by atoms with Gasteiger partial charge in [0.05, 0.1) is 23.5 Å². The van der Waals surface area contributed by atoms with Crippen LogP contribution in [0.15, 0.2) is 40.3 Å². The van der Waals surface area contributed by atoms with Gasteiger partial charge in [0.25, 0.3) is 5.56 Å². The van der Waals surface area contributed by atoms with Crippen molar-refractivity contribution in [2.45, 2.75) is 30.7 Å². The maximum atomic E-state index is 13.0. The first-order chi connectivity index (χ1) is 12.9. The molecule has 2 aliphatic rings. The zero-order valence-electron chi connectivity index (χ0n) is 15.0. The summed E-state index contributed by atoms with van der Waals surface area (Å²) in [6, 6.07) is 6.40. The fraction of sp³-hybridized carbons (Fsp3) is 0.389. The summed E-state index contributed by atoms with van der Waals surface area (Å²) < 4.78 is 28.7. The molecular weight excluding hydrogens is 368 g/mol. The minimum atomic E-state index is -3.70. The van der Waals surface area contributed by atoms with Crippen molar-refractivity contribution in [3.63, 3.8) is 0 Å². The van der Waals surface area contributed by atoms with E-state index in [2.05, 4.69) is 4.98 Å². The zero-order chi connectivity index (χ0) is 19.2. The van der Waals surface area contributed by atoms with Crippen LogP contribution in [0.3, 0.4) is 0 Å². The number of fused-ring (bicyclic) bond motifs is 1. The second-order valence-corrected chi connectivity index (χ2v) is 8.76. The van der Waals surface area contributed by atoms with Crippen molar-refractivity contribution in [1.82, 2.24) is 13.9 Å². The molecule has 9 heteroatoms. The molecule has 1 fully saturated rings. The largest absolute Gasteiger partial charge is 0.312 e. The Labute approximate surface area is 157 Å². The Morgan fingerprint density at radius 3 is 2.44 bits per heavy atom. The lowest BCUT2D eigenvalue weighted by atomic mass is 10.1. The third kappa shape index (κ3) is 3.06. The van der Waals surface area contributed by atoms with Crippen molar-refractivity contribution >= 4 is 21.6 Å². The van der Waals surface area contributed by atoms with Crippen molar-refractivity contribution < 1.29 is 13.2 Å². The summed E-state index contributed by atoms with van der Waals surface area (Å²) >= 11 is 0. The lowest BCUT2D eigenvalue weighted by Gasteiger charge is -2.27. The van der Waals surface area contributed by atoms with Gasteiger partial charge in [-0.2, -0.15) is 4.31 Å². The molecule has 27 heavy (non-hydrogen) atoms. The monoisotopic (exact) mass is 388 g/mol. The van der Waals surface area contributed by atoms with Crippen LogP contribution in [0.5, 0.6) is 0 Å². The molecule has 0 atom stereocenters. The van der Waals surface area contributed by atoms with Crippen molar-refractivity contribution in [3.8, 4) is 0 Å². The van der Waals surface area contributed by atoms with E-state index in [0.717, 1.165) is 6.42 Å². The number of aromatic nitrogens is 2. The smallest absolute Gasteiger partial charge is 0.256 e. The molecule has 0 spiro atoms.